The van der Waals surface area contributed by atoms with Crippen LogP contribution in [0.15, 0.2) is 24.3 Å². The molecule has 0 atom stereocenters. The molecule has 0 radical (unpaired) electrons. The second kappa shape index (κ2) is 5.86. The van der Waals surface area contributed by atoms with Crippen LogP contribution in [0.3, 0.4) is 0 Å². The van der Waals surface area contributed by atoms with Gasteiger partial charge in [0.2, 0.25) is 0 Å². The number of carbonyl (C=O) groups is 1. The minimum atomic E-state index is 0.390. The lowest BCUT2D eigenvalue weighted by atomic mass is 10.1. The maximum absolute atomic E-state index is 10.2. The van der Waals surface area contributed by atoms with E-state index in [1.54, 1.807) is 20.3 Å². The zero-order valence-electron chi connectivity index (χ0n) is 8.90. The van der Waals surface area contributed by atoms with Crippen molar-refractivity contribution in [2.24, 2.45) is 0 Å². The molecule has 1 rings (SSSR count). The van der Waals surface area contributed by atoms with Gasteiger partial charge in [-0.1, -0.05) is 18.2 Å². The van der Waals surface area contributed by atoms with E-state index in [0.29, 0.717) is 6.42 Å². The van der Waals surface area contributed by atoms with E-state index in [-0.39, 0.29) is 0 Å². The molecular weight excluding hydrogens is 192 g/mol. The monoisotopic (exact) mass is 206 g/mol. The third-order valence-corrected chi connectivity index (χ3v) is 1.98. The van der Waals surface area contributed by atoms with Crippen LogP contribution in [0.25, 0.3) is 6.08 Å². The Morgan fingerprint density at radius 2 is 1.80 bits per heavy atom. The number of benzene rings is 1. The van der Waals surface area contributed by atoms with Gasteiger partial charge in [-0.2, -0.15) is 0 Å². The summed E-state index contributed by atoms with van der Waals surface area (Å²) < 4.78 is 10.4. The Morgan fingerprint density at radius 3 is 2.27 bits per heavy atom. The highest BCUT2D eigenvalue weighted by Gasteiger charge is 2.05. The predicted octanol–water partition coefficient (Wildman–Crippen LogP) is 2.31. The first-order valence-corrected chi connectivity index (χ1v) is 4.64. The molecule has 0 bridgehead atoms. The molecule has 1 aromatic carbocycles. The van der Waals surface area contributed by atoms with Crippen LogP contribution in [0.2, 0.25) is 0 Å². The molecule has 0 saturated heterocycles. The number of methoxy groups -OCH3 is 2. The van der Waals surface area contributed by atoms with E-state index in [1.165, 1.54) is 0 Å². The number of rotatable bonds is 5. The highest BCUT2D eigenvalue weighted by atomic mass is 16.5. The van der Waals surface area contributed by atoms with E-state index in [1.807, 2.05) is 24.3 Å². The quantitative estimate of drug-likeness (QED) is 0.693. The smallest absolute Gasteiger partial charge is 0.129 e. The summed E-state index contributed by atoms with van der Waals surface area (Å²) >= 11 is 0. The number of ether oxygens (including phenoxy) is 2. The predicted molar refractivity (Wildman–Crippen MR) is 59.3 cm³/mol. The summed E-state index contributed by atoms with van der Waals surface area (Å²) in [5, 5.41) is 0. The van der Waals surface area contributed by atoms with E-state index in [2.05, 4.69) is 0 Å². The lowest BCUT2D eigenvalue weighted by molar-refractivity contribution is -0.107. The minimum absolute atomic E-state index is 0.390. The molecule has 15 heavy (non-hydrogen) atoms. The zero-order valence-corrected chi connectivity index (χ0v) is 8.90. The van der Waals surface area contributed by atoms with E-state index in [9.17, 15) is 4.79 Å². The van der Waals surface area contributed by atoms with Crippen LogP contribution in [0.5, 0.6) is 11.5 Å². The molecule has 0 aliphatic carbocycles. The molecule has 0 aliphatic heterocycles. The van der Waals surface area contributed by atoms with Crippen molar-refractivity contribution >= 4 is 12.4 Å². The average Bonchev–Trinajstić information content (AvgIpc) is 2.29. The van der Waals surface area contributed by atoms with Crippen LogP contribution < -0.4 is 9.47 Å². The van der Waals surface area contributed by atoms with E-state index in [4.69, 9.17) is 9.47 Å². The van der Waals surface area contributed by atoms with Crippen molar-refractivity contribution in [3.63, 3.8) is 0 Å². The van der Waals surface area contributed by atoms with Crippen molar-refractivity contribution < 1.29 is 14.3 Å². The maximum Gasteiger partial charge on any atom is 0.129 e. The molecule has 0 spiro atoms. The summed E-state index contributed by atoms with van der Waals surface area (Å²) in [6.45, 7) is 0. The normalized spacial score (nSPS) is 10.3. The fraction of sp³-hybridized carbons (Fsp3) is 0.250. The highest BCUT2D eigenvalue weighted by molar-refractivity contribution is 5.66. The summed E-state index contributed by atoms with van der Waals surface area (Å²) in [7, 11) is 3.21. The van der Waals surface area contributed by atoms with Gasteiger partial charge in [0, 0.05) is 6.42 Å². The van der Waals surface area contributed by atoms with Crippen LogP contribution in [-0.2, 0) is 4.79 Å². The van der Waals surface area contributed by atoms with Crippen LogP contribution in [-0.4, -0.2) is 20.5 Å². The Hall–Kier alpha value is -1.77. The summed E-state index contributed by atoms with van der Waals surface area (Å²) in [5.41, 5.74) is 0.851. The summed E-state index contributed by atoms with van der Waals surface area (Å²) in [6, 6.07) is 5.56. The topological polar surface area (TPSA) is 35.5 Å². The SMILES string of the molecule is COc1cccc(OC)c1C=CCC=O. The summed E-state index contributed by atoms with van der Waals surface area (Å²) in [5.74, 6) is 1.47. The van der Waals surface area contributed by atoms with E-state index < -0.39 is 0 Å². The van der Waals surface area contributed by atoms with Gasteiger partial charge in [-0.25, -0.2) is 0 Å². The molecule has 80 valence electrons. The fourth-order valence-corrected chi connectivity index (χ4v) is 1.29. The highest BCUT2D eigenvalue weighted by Crippen LogP contribution is 2.29. The molecule has 0 N–H and O–H groups in total. The van der Waals surface area contributed by atoms with Gasteiger partial charge in [-0.3, -0.25) is 0 Å². The summed E-state index contributed by atoms with van der Waals surface area (Å²) in [4.78, 5) is 10.2. The second-order valence-corrected chi connectivity index (χ2v) is 2.88. The molecule has 0 aromatic heterocycles. The number of carbonyl (C=O) groups excluding carboxylic acids is 1. The molecule has 0 fully saturated rings. The molecule has 0 saturated carbocycles. The van der Waals surface area contributed by atoms with Gasteiger partial charge in [-0.15, -0.1) is 0 Å². The Labute approximate surface area is 89.3 Å². The van der Waals surface area contributed by atoms with Crippen molar-refractivity contribution in [3.8, 4) is 11.5 Å². The molecule has 3 heteroatoms. The van der Waals surface area contributed by atoms with Crippen LogP contribution in [0, 0.1) is 0 Å². The van der Waals surface area contributed by atoms with Gasteiger partial charge < -0.3 is 14.3 Å². The number of hydrogen-bond donors (Lipinski definition) is 0. The van der Waals surface area contributed by atoms with Gasteiger partial charge in [0.05, 0.1) is 19.8 Å². The van der Waals surface area contributed by atoms with Crippen LogP contribution in [0.4, 0.5) is 0 Å². The molecule has 1 aromatic rings. The van der Waals surface area contributed by atoms with Crippen molar-refractivity contribution in [1.29, 1.82) is 0 Å². The first-order chi connectivity index (χ1) is 7.33. The van der Waals surface area contributed by atoms with Gasteiger partial charge >= 0.3 is 0 Å². The minimum Gasteiger partial charge on any atom is -0.496 e. The second-order valence-electron chi connectivity index (χ2n) is 2.88. The molecule has 3 nitrogen and oxygen atoms in total. The Bertz CT molecular complexity index is 334. The van der Waals surface area contributed by atoms with Crippen molar-refractivity contribution in [1.82, 2.24) is 0 Å². The van der Waals surface area contributed by atoms with Crippen molar-refractivity contribution in [3.05, 3.63) is 29.8 Å². The van der Waals surface area contributed by atoms with Gasteiger partial charge in [-0.05, 0) is 12.1 Å². The first-order valence-electron chi connectivity index (χ1n) is 4.64. The number of aldehydes is 1. The standard InChI is InChI=1S/C12H14O3/c1-14-11-7-5-8-12(15-2)10(11)6-3-4-9-13/h3,5-9H,4H2,1-2H3. The van der Waals surface area contributed by atoms with Gasteiger partial charge in [0.1, 0.15) is 17.8 Å². The molecular formula is C12H14O3. The van der Waals surface area contributed by atoms with Crippen molar-refractivity contribution in [2.45, 2.75) is 6.42 Å². The Kier molecular flexibility index (Phi) is 4.41. The third kappa shape index (κ3) is 2.84. The lowest BCUT2D eigenvalue weighted by Crippen LogP contribution is -1.91. The maximum atomic E-state index is 10.2. The zero-order chi connectivity index (χ0) is 11.1. The molecule has 0 unspecified atom stereocenters. The van der Waals surface area contributed by atoms with Crippen LogP contribution >= 0.6 is 0 Å². The van der Waals surface area contributed by atoms with E-state index >= 15 is 0 Å². The molecule has 0 heterocycles. The number of allylic oxidation sites excluding steroid dienone is 1. The first kappa shape index (κ1) is 11.3. The molecule has 0 amide bonds. The van der Waals surface area contributed by atoms with Gasteiger partial charge in [0.15, 0.2) is 0 Å². The Balaban J connectivity index is 3.04. The van der Waals surface area contributed by atoms with E-state index in [0.717, 1.165) is 23.3 Å². The van der Waals surface area contributed by atoms with Crippen LogP contribution in [0.1, 0.15) is 12.0 Å². The lowest BCUT2D eigenvalue weighted by Gasteiger charge is -2.09. The fourth-order valence-electron chi connectivity index (χ4n) is 1.29. The largest absolute Gasteiger partial charge is 0.496 e. The third-order valence-electron chi connectivity index (χ3n) is 1.98. The average molecular weight is 206 g/mol. The van der Waals surface area contributed by atoms with Gasteiger partial charge in [0.25, 0.3) is 0 Å². The number of hydrogen-bond acceptors (Lipinski definition) is 3. The summed E-state index contributed by atoms with van der Waals surface area (Å²) in [6.07, 6.45) is 4.83. The Morgan fingerprint density at radius 1 is 1.20 bits per heavy atom. The van der Waals surface area contributed by atoms with Crippen molar-refractivity contribution in [2.75, 3.05) is 14.2 Å². The molecule has 0 aliphatic rings.